The van der Waals surface area contributed by atoms with Gasteiger partial charge in [0, 0.05) is 5.56 Å². The van der Waals surface area contributed by atoms with Crippen molar-refractivity contribution < 1.29 is 9.59 Å². The van der Waals surface area contributed by atoms with Crippen molar-refractivity contribution in [3.8, 4) is 0 Å². The highest BCUT2D eigenvalue weighted by Crippen LogP contribution is 2.23. The molecular formula is C11H11Cl2N3O2. The smallest absolute Gasteiger partial charge is 0.324 e. The summed E-state index contributed by atoms with van der Waals surface area (Å²) in [6, 6.07) is 2.77. The number of pyridine rings is 1. The van der Waals surface area contributed by atoms with E-state index >= 15 is 0 Å². The van der Waals surface area contributed by atoms with Crippen molar-refractivity contribution in [1.29, 1.82) is 0 Å². The van der Waals surface area contributed by atoms with Crippen LogP contribution < -0.4 is 5.32 Å². The number of carbonyl (C=O) groups excluding carboxylic acids is 2. The Morgan fingerprint density at radius 2 is 2.00 bits per heavy atom. The van der Waals surface area contributed by atoms with Crippen LogP contribution in [-0.4, -0.2) is 27.4 Å². The molecule has 96 valence electrons. The number of nitrogens with zero attached hydrogens (tertiary/aromatic N) is 2. The molecule has 0 atom stereocenters. The zero-order valence-electron chi connectivity index (χ0n) is 9.83. The fourth-order valence-electron chi connectivity index (χ4n) is 1.69. The summed E-state index contributed by atoms with van der Waals surface area (Å²) in [7, 11) is 0. The molecule has 18 heavy (non-hydrogen) atoms. The number of halogens is 2. The van der Waals surface area contributed by atoms with Gasteiger partial charge in [-0.25, -0.2) is 9.78 Å². The molecular weight excluding hydrogens is 277 g/mol. The lowest BCUT2D eigenvalue weighted by Gasteiger charge is -2.16. The summed E-state index contributed by atoms with van der Waals surface area (Å²) in [5, 5.41) is 3.04. The molecule has 5 nitrogen and oxygen atoms in total. The minimum atomic E-state index is -0.886. The van der Waals surface area contributed by atoms with E-state index in [0.29, 0.717) is 5.56 Å². The van der Waals surface area contributed by atoms with E-state index in [1.165, 1.54) is 0 Å². The summed E-state index contributed by atoms with van der Waals surface area (Å²) < 4.78 is 0. The number of aromatic nitrogens is 1. The molecule has 0 bridgehead atoms. The lowest BCUT2D eigenvalue weighted by Crippen LogP contribution is -2.40. The molecule has 1 fully saturated rings. The van der Waals surface area contributed by atoms with Gasteiger partial charge in [-0.3, -0.25) is 9.69 Å². The Morgan fingerprint density at radius 1 is 1.33 bits per heavy atom. The van der Waals surface area contributed by atoms with Crippen LogP contribution in [0.1, 0.15) is 19.4 Å². The lowest BCUT2D eigenvalue weighted by molar-refractivity contribution is -0.130. The monoisotopic (exact) mass is 287 g/mol. The standard InChI is InChI=1S/C11H11Cl2N3O2/c1-11(2)9(17)16(10(18)15-11)5-6-3-4-7(12)14-8(6)13/h3-4H,5H2,1-2H3,(H,15,18). The third-order valence-corrected chi connectivity index (χ3v) is 3.20. The Kier molecular flexibility index (Phi) is 3.21. The van der Waals surface area contributed by atoms with E-state index in [4.69, 9.17) is 23.2 Å². The molecule has 0 aliphatic carbocycles. The molecule has 0 spiro atoms. The van der Waals surface area contributed by atoms with Crippen molar-refractivity contribution in [2.45, 2.75) is 25.9 Å². The second-order valence-electron chi connectivity index (χ2n) is 4.53. The largest absolute Gasteiger partial charge is 0.325 e. The Hall–Kier alpha value is -1.33. The molecule has 7 heteroatoms. The molecule has 1 aliphatic heterocycles. The van der Waals surface area contributed by atoms with E-state index in [9.17, 15) is 9.59 Å². The maximum absolute atomic E-state index is 12.0. The molecule has 1 aliphatic rings. The average molecular weight is 288 g/mol. The predicted octanol–water partition coefficient (Wildman–Crippen LogP) is 2.22. The van der Waals surface area contributed by atoms with Crippen LogP contribution in [0.25, 0.3) is 0 Å². The normalized spacial score (nSPS) is 18.1. The highest BCUT2D eigenvalue weighted by atomic mass is 35.5. The molecule has 2 heterocycles. The molecule has 0 unspecified atom stereocenters. The first-order valence-electron chi connectivity index (χ1n) is 5.26. The number of urea groups is 1. The van der Waals surface area contributed by atoms with Crippen molar-refractivity contribution >= 4 is 35.1 Å². The Labute approximate surface area is 114 Å². The number of rotatable bonds is 2. The van der Waals surface area contributed by atoms with Gasteiger partial charge < -0.3 is 5.32 Å². The number of nitrogens with one attached hydrogen (secondary N) is 1. The van der Waals surface area contributed by atoms with Crippen LogP contribution in [0, 0.1) is 0 Å². The van der Waals surface area contributed by atoms with Crippen molar-refractivity contribution in [3.63, 3.8) is 0 Å². The van der Waals surface area contributed by atoms with E-state index < -0.39 is 11.6 Å². The third-order valence-electron chi connectivity index (χ3n) is 2.66. The van der Waals surface area contributed by atoms with E-state index in [2.05, 4.69) is 10.3 Å². The molecule has 1 saturated heterocycles. The maximum atomic E-state index is 12.0. The van der Waals surface area contributed by atoms with Crippen LogP contribution in [0.3, 0.4) is 0 Å². The van der Waals surface area contributed by atoms with Crippen LogP contribution in [0.15, 0.2) is 12.1 Å². The van der Waals surface area contributed by atoms with Crippen LogP contribution in [0.5, 0.6) is 0 Å². The van der Waals surface area contributed by atoms with Crippen molar-refractivity contribution in [2.75, 3.05) is 0 Å². The molecule has 1 N–H and O–H groups in total. The van der Waals surface area contributed by atoms with Crippen LogP contribution >= 0.6 is 23.2 Å². The minimum Gasteiger partial charge on any atom is -0.324 e. The first-order valence-corrected chi connectivity index (χ1v) is 6.02. The summed E-state index contributed by atoms with van der Waals surface area (Å²) in [6.07, 6.45) is 0. The molecule has 0 radical (unpaired) electrons. The van der Waals surface area contributed by atoms with E-state index in [1.54, 1.807) is 26.0 Å². The van der Waals surface area contributed by atoms with Crippen LogP contribution in [0.4, 0.5) is 4.79 Å². The number of hydrogen-bond donors (Lipinski definition) is 1. The zero-order valence-corrected chi connectivity index (χ0v) is 11.3. The van der Waals surface area contributed by atoms with Gasteiger partial charge in [0.1, 0.15) is 15.8 Å². The van der Waals surface area contributed by atoms with E-state index in [0.717, 1.165) is 4.90 Å². The van der Waals surface area contributed by atoms with Gasteiger partial charge in [0.2, 0.25) is 0 Å². The number of hydrogen-bond acceptors (Lipinski definition) is 3. The van der Waals surface area contributed by atoms with Crippen LogP contribution in [0.2, 0.25) is 10.3 Å². The number of imide groups is 1. The van der Waals surface area contributed by atoms with Gasteiger partial charge >= 0.3 is 6.03 Å². The minimum absolute atomic E-state index is 0.0805. The van der Waals surface area contributed by atoms with Gasteiger partial charge in [-0.1, -0.05) is 29.3 Å². The second kappa shape index (κ2) is 4.40. The first-order chi connectivity index (χ1) is 8.31. The van der Waals surface area contributed by atoms with Gasteiger partial charge in [-0.15, -0.1) is 0 Å². The van der Waals surface area contributed by atoms with Gasteiger partial charge in [0.25, 0.3) is 5.91 Å². The van der Waals surface area contributed by atoms with Gasteiger partial charge in [-0.2, -0.15) is 0 Å². The Morgan fingerprint density at radius 3 is 2.50 bits per heavy atom. The molecule has 1 aromatic heterocycles. The van der Waals surface area contributed by atoms with Crippen molar-refractivity contribution in [1.82, 2.24) is 15.2 Å². The fourth-order valence-corrected chi connectivity index (χ4v) is 2.10. The summed E-state index contributed by atoms with van der Waals surface area (Å²) in [4.78, 5) is 28.6. The molecule has 2 rings (SSSR count). The zero-order chi connectivity index (χ0) is 13.5. The molecule has 0 aromatic carbocycles. The molecule has 3 amide bonds. The quantitative estimate of drug-likeness (QED) is 0.670. The van der Waals surface area contributed by atoms with E-state index in [-0.39, 0.29) is 22.8 Å². The number of amides is 3. The highest BCUT2D eigenvalue weighted by molar-refractivity contribution is 6.32. The summed E-state index contributed by atoms with van der Waals surface area (Å²) >= 11 is 11.6. The second-order valence-corrected chi connectivity index (χ2v) is 5.28. The highest BCUT2D eigenvalue weighted by Gasteiger charge is 2.44. The van der Waals surface area contributed by atoms with Crippen molar-refractivity contribution in [2.24, 2.45) is 0 Å². The van der Waals surface area contributed by atoms with Crippen LogP contribution in [-0.2, 0) is 11.3 Å². The van der Waals surface area contributed by atoms with Gasteiger partial charge in [0.15, 0.2) is 0 Å². The predicted molar refractivity (Wildman–Crippen MR) is 67.4 cm³/mol. The topological polar surface area (TPSA) is 62.3 Å². The van der Waals surface area contributed by atoms with Gasteiger partial charge in [-0.05, 0) is 19.9 Å². The number of carbonyl (C=O) groups is 2. The Balaban J connectivity index is 2.24. The summed E-state index contributed by atoms with van der Waals surface area (Å²) in [5.41, 5.74) is -0.314. The SMILES string of the molecule is CC1(C)NC(=O)N(Cc2ccc(Cl)nc2Cl)C1=O. The van der Waals surface area contributed by atoms with Gasteiger partial charge in [0.05, 0.1) is 6.54 Å². The molecule has 1 aromatic rings. The average Bonchev–Trinajstić information content (AvgIpc) is 2.44. The fraction of sp³-hybridized carbons (Fsp3) is 0.364. The maximum Gasteiger partial charge on any atom is 0.325 e. The summed E-state index contributed by atoms with van der Waals surface area (Å²) in [6.45, 7) is 3.38. The lowest BCUT2D eigenvalue weighted by atomic mass is 10.1. The Bertz CT molecular complexity index is 531. The first kappa shape index (κ1) is 13.1. The summed E-state index contributed by atoms with van der Waals surface area (Å²) in [5.74, 6) is -0.293. The van der Waals surface area contributed by atoms with E-state index in [1.807, 2.05) is 0 Å². The molecule has 0 saturated carbocycles. The third kappa shape index (κ3) is 2.28. The van der Waals surface area contributed by atoms with Crippen molar-refractivity contribution in [3.05, 3.63) is 28.0 Å².